The van der Waals surface area contributed by atoms with Crippen LogP contribution < -0.4 is 0 Å². The smallest absolute Gasteiger partial charge is 0.231 e. The summed E-state index contributed by atoms with van der Waals surface area (Å²) in [5.74, 6) is 0.188. The van der Waals surface area contributed by atoms with E-state index in [1.807, 2.05) is 0 Å². The summed E-state index contributed by atoms with van der Waals surface area (Å²) in [6.45, 7) is 0. The van der Waals surface area contributed by atoms with E-state index in [1.54, 1.807) is 60.7 Å². The number of pyridine rings is 1. The van der Waals surface area contributed by atoms with Gasteiger partial charge in [-0.25, -0.2) is 15.0 Å². The third kappa shape index (κ3) is 3.43. The summed E-state index contributed by atoms with van der Waals surface area (Å²) in [6.07, 6.45) is -4.60. The van der Waals surface area contributed by atoms with Crippen molar-refractivity contribution in [1.82, 2.24) is 15.0 Å². The summed E-state index contributed by atoms with van der Waals surface area (Å²) in [7, 11) is 0. The molecule has 0 aliphatic heterocycles. The zero-order valence-electron chi connectivity index (χ0n) is 14.4. The first-order chi connectivity index (χ1) is 13.5. The van der Waals surface area contributed by atoms with Gasteiger partial charge in [0, 0.05) is 11.1 Å². The van der Waals surface area contributed by atoms with Gasteiger partial charge in [-0.05, 0) is 6.07 Å². The minimum atomic E-state index is -4.60. The van der Waals surface area contributed by atoms with E-state index < -0.39 is 11.7 Å². The van der Waals surface area contributed by atoms with Gasteiger partial charge in [-0.2, -0.15) is 13.2 Å². The minimum absolute atomic E-state index is 0.0295. The maximum absolute atomic E-state index is 14.0. The van der Waals surface area contributed by atoms with Gasteiger partial charge in [0.25, 0.3) is 0 Å². The minimum Gasteiger partial charge on any atom is -0.231 e. The van der Waals surface area contributed by atoms with Crippen LogP contribution in [0.15, 0.2) is 66.7 Å². The fourth-order valence-electron chi connectivity index (χ4n) is 3.02. The van der Waals surface area contributed by atoms with Crippen LogP contribution in [0.1, 0.15) is 11.4 Å². The van der Waals surface area contributed by atoms with Crippen molar-refractivity contribution in [3.05, 3.63) is 78.1 Å². The van der Waals surface area contributed by atoms with Crippen molar-refractivity contribution < 1.29 is 13.2 Å². The summed E-state index contributed by atoms with van der Waals surface area (Å²) < 4.78 is 41.9. The van der Waals surface area contributed by atoms with E-state index in [0.717, 1.165) is 6.07 Å². The molecule has 2 aromatic carbocycles. The summed E-state index contributed by atoms with van der Waals surface area (Å²) in [5, 5.41) is -0.132. The van der Waals surface area contributed by atoms with E-state index in [9.17, 15) is 13.2 Å². The summed E-state index contributed by atoms with van der Waals surface area (Å²) in [6, 6.07) is 18.4. The number of alkyl halides is 4. The number of nitrogens with zero attached hydrogens (tertiary/aromatic N) is 3. The van der Waals surface area contributed by atoms with Gasteiger partial charge in [0.2, 0.25) is 0 Å². The molecule has 2 heterocycles. The van der Waals surface area contributed by atoms with E-state index in [-0.39, 0.29) is 34.1 Å². The van der Waals surface area contributed by atoms with Gasteiger partial charge in [0.05, 0.1) is 28.2 Å². The average Bonchev–Trinajstić information content (AvgIpc) is 2.72. The van der Waals surface area contributed by atoms with Crippen molar-refractivity contribution in [3.8, 4) is 22.5 Å². The predicted octanol–water partition coefficient (Wildman–Crippen LogP) is 6.12. The Bertz CT molecular complexity index is 1130. The highest BCUT2D eigenvalue weighted by Gasteiger charge is 2.35. The van der Waals surface area contributed by atoms with Crippen molar-refractivity contribution in [2.24, 2.45) is 0 Å². The molecular formula is C21H13ClF3N3. The van der Waals surface area contributed by atoms with Gasteiger partial charge in [-0.3, -0.25) is 0 Å². The first-order valence-electron chi connectivity index (χ1n) is 8.43. The van der Waals surface area contributed by atoms with Gasteiger partial charge < -0.3 is 0 Å². The zero-order valence-corrected chi connectivity index (χ0v) is 15.2. The molecule has 3 nitrogen and oxygen atoms in total. The van der Waals surface area contributed by atoms with Crippen molar-refractivity contribution >= 4 is 22.6 Å². The number of rotatable bonds is 3. The second-order valence-corrected chi connectivity index (χ2v) is 6.37. The molecule has 7 heteroatoms. The maximum atomic E-state index is 14.0. The number of hydrogen-bond acceptors (Lipinski definition) is 3. The Morgan fingerprint density at radius 3 is 1.96 bits per heavy atom. The van der Waals surface area contributed by atoms with Gasteiger partial charge >= 0.3 is 6.18 Å². The number of hydrogen-bond donors (Lipinski definition) is 0. The molecule has 0 radical (unpaired) electrons. The second kappa shape index (κ2) is 7.20. The second-order valence-electron chi connectivity index (χ2n) is 6.11. The Morgan fingerprint density at radius 1 is 0.786 bits per heavy atom. The van der Waals surface area contributed by atoms with Crippen LogP contribution in [0.25, 0.3) is 33.5 Å². The molecule has 140 valence electrons. The van der Waals surface area contributed by atoms with Crippen LogP contribution in [-0.4, -0.2) is 15.0 Å². The Hall–Kier alpha value is -2.99. The molecular weight excluding hydrogens is 387 g/mol. The molecule has 0 spiro atoms. The van der Waals surface area contributed by atoms with Gasteiger partial charge in [0.1, 0.15) is 5.82 Å². The Balaban J connectivity index is 2.11. The highest BCUT2D eigenvalue weighted by molar-refractivity contribution is 6.16. The molecule has 2 aromatic heterocycles. The first kappa shape index (κ1) is 18.4. The molecule has 4 aromatic rings. The zero-order chi connectivity index (χ0) is 19.7. The van der Waals surface area contributed by atoms with Crippen LogP contribution in [-0.2, 0) is 12.1 Å². The van der Waals surface area contributed by atoms with Crippen molar-refractivity contribution in [2.45, 2.75) is 12.1 Å². The topological polar surface area (TPSA) is 38.7 Å². The highest BCUT2D eigenvalue weighted by atomic mass is 35.5. The van der Waals surface area contributed by atoms with Crippen LogP contribution in [0, 0.1) is 0 Å². The molecule has 0 amide bonds. The molecule has 0 bridgehead atoms. The standard InChI is InChI=1S/C21H13ClF3N3/c22-12-17-27-19(14-9-5-2-6-10-14)18-15(21(23,24)25)11-16(26-20(18)28-17)13-7-3-1-4-8-13/h1-11H,12H2. The SMILES string of the molecule is FC(F)(F)c1cc(-c2ccccc2)nc2nc(CCl)nc(-c3ccccc3)c12. The average molecular weight is 400 g/mol. The normalized spacial score (nSPS) is 11.7. The Kier molecular flexibility index (Phi) is 4.73. The fourth-order valence-corrected chi connectivity index (χ4v) is 3.14. The van der Waals surface area contributed by atoms with Gasteiger partial charge in [0.15, 0.2) is 5.65 Å². The largest absolute Gasteiger partial charge is 0.417 e. The van der Waals surface area contributed by atoms with E-state index in [2.05, 4.69) is 15.0 Å². The van der Waals surface area contributed by atoms with Crippen molar-refractivity contribution in [3.63, 3.8) is 0 Å². The Morgan fingerprint density at radius 2 is 1.39 bits per heavy atom. The van der Waals surface area contributed by atoms with Gasteiger partial charge in [-0.15, -0.1) is 11.6 Å². The number of aromatic nitrogens is 3. The van der Waals surface area contributed by atoms with E-state index >= 15 is 0 Å². The lowest BCUT2D eigenvalue weighted by molar-refractivity contribution is -0.136. The third-order valence-corrected chi connectivity index (χ3v) is 4.49. The molecule has 0 fully saturated rings. The Labute approximate surface area is 163 Å². The van der Waals surface area contributed by atoms with E-state index in [1.165, 1.54) is 0 Å². The van der Waals surface area contributed by atoms with Crippen molar-refractivity contribution in [2.75, 3.05) is 0 Å². The molecule has 0 aliphatic carbocycles. The van der Waals surface area contributed by atoms with Crippen LogP contribution in [0.2, 0.25) is 0 Å². The summed E-state index contributed by atoms with van der Waals surface area (Å²) in [5.41, 5.74) is 0.622. The quantitative estimate of drug-likeness (QED) is 0.390. The van der Waals surface area contributed by atoms with E-state index in [4.69, 9.17) is 11.6 Å². The fraction of sp³-hybridized carbons (Fsp3) is 0.0952. The molecule has 0 saturated carbocycles. The molecule has 28 heavy (non-hydrogen) atoms. The molecule has 4 rings (SSSR count). The molecule has 0 N–H and O–H groups in total. The van der Waals surface area contributed by atoms with Gasteiger partial charge in [-0.1, -0.05) is 60.7 Å². The summed E-state index contributed by atoms with van der Waals surface area (Å²) >= 11 is 5.90. The van der Waals surface area contributed by atoms with Crippen LogP contribution >= 0.6 is 11.6 Å². The third-order valence-electron chi connectivity index (χ3n) is 4.25. The number of fused-ring (bicyclic) bond motifs is 1. The number of halogens is 4. The molecule has 0 saturated heterocycles. The van der Waals surface area contributed by atoms with Crippen LogP contribution in [0.5, 0.6) is 0 Å². The lowest BCUT2D eigenvalue weighted by Crippen LogP contribution is -2.10. The van der Waals surface area contributed by atoms with Crippen LogP contribution in [0.4, 0.5) is 13.2 Å². The maximum Gasteiger partial charge on any atom is 0.417 e. The predicted molar refractivity (Wildman–Crippen MR) is 103 cm³/mol. The molecule has 0 atom stereocenters. The number of benzene rings is 2. The lowest BCUT2D eigenvalue weighted by Gasteiger charge is -2.15. The van der Waals surface area contributed by atoms with Crippen molar-refractivity contribution in [1.29, 1.82) is 0 Å². The monoisotopic (exact) mass is 399 g/mol. The van der Waals surface area contributed by atoms with E-state index in [0.29, 0.717) is 11.1 Å². The van der Waals surface area contributed by atoms with Crippen LogP contribution in [0.3, 0.4) is 0 Å². The molecule has 0 aliphatic rings. The molecule has 0 unspecified atom stereocenters. The first-order valence-corrected chi connectivity index (χ1v) is 8.96. The summed E-state index contributed by atoms with van der Waals surface area (Å²) in [4.78, 5) is 12.9. The lowest BCUT2D eigenvalue weighted by atomic mass is 10.0. The highest BCUT2D eigenvalue weighted by Crippen LogP contribution is 2.40.